The summed E-state index contributed by atoms with van der Waals surface area (Å²) in [6.45, 7) is 0. The van der Waals surface area contributed by atoms with Crippen molar-refractivity contribution in [2.75, 3.05) is 0 Å². The highest BCUT2D eigenvalue weighted by Crippen LogP contribution is 2.28. The Labute approximate surface area is 105 Å². The summed E-state index contributed by atoms with van der Waals surface area (Å²) in [6.07, 6.45) is 0. The molecule has 0 heterocycles. The number of hydrogen-bond donors (Lipinski definition) is 1. The van der Waals surface area contributed by atoms with E-state index in [2.05, 4.69) is 5.73 Å². The molecule has 0 saturated heterocycles. The number of halogens is 2. The predicted molar refractivity (Wildman–Crippen MR) is 60.5 cm³/mol. The van der Waals surface area contributed by atoms with E-state index in [1.807, 2.05) is 36.4 Å². The molecule has 2 aromatic rings. The molecular formula is C12H11Cl2NO. The summed E-state index contributed by atoms with van der Waals surface area (Å²) >= 11 is 5.82. The Hall–Kier alpha value is -1.22. The molecule has 0 radical (unpaired) electrons. The van der Waals surface area contributed by atoms with E-state index < -0.39 is 0 Å². The predicted octanol–water partition coefficient (Wildman–Crippen LogP) is 0.00970. The van der Waals surface area contributed by atoms with Crippen molar-refractivity contribution in [1.29, 1.82) is 0 Å². The van der Waals surface area contributed by atoms with Crippen LogP contribution in [0.25, 0.3) is 0 Å². The summed E-state index contributed by atoms with van der Waals surface area (Å²) in [5.74, 6) is 1.52. The Morgan fingerprint density at radius 3 is 2.31 bits per heavy atom. The van der Waals surface area contributed by atoms with Gasteiger partial charge in [0.2, 0.25) is 0 Å². The monoisotopic (exact) mass is 255 g/mol. The summed E-state index contributed by atoms with van der Waals surface area (Å²) in [5, 5.41) is 0.667. The van der Waals surface area contributed by atoms with E-state index >= 15 is 0 Å². The lowest BCUT2D eigenvalue weighted by Crippen LogP contribution is -3.00. The molecule has 4 heteroatoms. The molecule has 0 aromatic heterocycles. The van der Waals surface area contributed by atoms with Gasteiger partial charge in [0.1, 0.15) is 5.75 Å². The maximum Gasteiger partial charge on any atom is 0.187 e. The third-order valence-corrected chi connectivity index (χ3v) is 2.23. The molecular weight excluding hydrogens is 245 g/mol. The van der Waals surface area contributed by atoms with Crippen LogP contribution in [0.1, 0.15) is 0 Å². The molecule has 0 fully saturated rings. The lowest BCUT2D eigenvalue weighted by Gasteiger charge is -2.05. The zero-order valence-electron chi connectivity index (χ0n) is 8.49. The topological polar surface area (TPSA) is 36.9 Å². The van der Waals surface area contributed by atoms with E-state index in [0.717, 1.165) is 17.2 Å². The Bertz CT molecular complexity index is 460. The quantitative estimate of drug-likeness (QED) is 0.807. The maximum atomic E-state index is 5.82. The fourth-order valence-corrected chi connectivity index (χ4v) is 1.46. The Balaban J connectivity index is 0.00000128. The highest BCUT2D eigenvalue weighted by atomic mass is 35.5. The van der Waals surface area contributed by atoms with Crippen molar-refractivity contribution in [2.45, 2.75) is 0 Å². The van der Waals surface area contributed by atoms with Gasteiger partial charge in [-0.3, -0.25) is 0 Å². The molecule has 0 bridgehead atoms. The highest BCUT2D eigenvalue weighted by molar-refractivity contribution is 6.30. The van der Waals surface area contributed by atoms with Crippen LogP contribution < -0.4 is 22.9 Å². The molecule has 16 heavy (non-hydrogen) atoms. The van der Waals surface area contributed by atoms with Crippen LogP contribution >= 0.6 is 11.6 Å². The molecule has 0 aliphatic heterocycles. The van der Waals surface area contributed by atoms with Crippen LogP contribution in [-0.4, -0.2) is 0 Å². The molecule has 2 nitrogen and oxygen atoms in total. The Kier molecular flexibility index (Phi) is 4.62. The first-order chi connectivity index (χ1) is 7.25. The summed E-state index contributed by atoms with van der Waals surface area (Å²) in [5.41, 5.74) is 4.65. The molecule has 0 atom stereocenters. The molecule has 2 rings (SSSR count). The van der Waals surface area contributed by atoms with Gasteiger partial charge < -0.3 is 22.9 Å². The van der Waals surface area contributed by atoms with Crippen molar-refractivity contribution in [1.82, 2.24) is 0 Å². The SMILES string of the molecule is [Cl-].[NH3+]c1cc(Cl)ccc1Oc1ccccc1. The highest BCUT2D eigenvalue weighted by Gasteiger charge is 2.05. The van der Waals surface area contributed by atoms with Gasteiger partial charge in [-0.05, 0) is 24.3 Å². The number of quaternary nitrogens is 1. The number of para-hydroxylation sites is 1. The van der Waals surface area contributed by atoms with Crippen molar-refractivity contribution >= 4 is 17.3 Å². The first-order valence-electron chi connectivity index (χ1n) is 4.60. The van der Waals surface area contributed by atoms with Crippen LogP contribution in [0.4, 0.5) is 5.69 Å². The summed E-state index contributed by atoms with van der Waals surface area (Å²) in [7, 11) is 0. The van der Waals surface area contributed by atoms with E-state index in [9.17, 15) is 0 Å². The van der Waals surface area contributed by atoms with Crippen LogP contribution in [-0.2, 0) is 0 Å². The van der Waals surface area contributed by atoms with Gasteiger partial charge >= 0.3 is 0 Å². The third-order valence-electron chi connectivity index (χ3n) is 1.99. The summed E-state index contributed by atoms with van der Waals surface area (Å²) < 4.78 is 5.64. The van der Waals surface area contributed by atoms with Crippen LogP contribution in [0.3, 0.4) is 0 Å². The average Bonchev–Trinajstić information content (AvgIpc) is 2.24. The van der Waals surface area contributed by atoms with Crippen molar-refractivity contribution in [3.05, 3.63) is 53.6 Å². The van der Waals surface area contributed by atoms with Crippen LogP contribution in [0.2, 0.25) is 5.02 Å². The second-order valence-corrected chi connectivity index (χ2v) is 3.60. The van der Waals surface area contributed by atoms with Gasteiger partial charge in [-0.2, -0.15) is 0 Å². The van der Waals surface area contributed by atoms with Crippen molar-refractivity contribution < 1.29 is 22.9 Å². The lowest BCUT2D eigenvalue weighted by molar-refractivity contribution is -0.256. The Morgan fingerprint density at radius 2 is 1.69 bits per heavy atom. The molecule has 2 aromatic carbocycles. The third kappa shape index (κ3) is 3.14. The van der Waals surface area contributed by atoms with Crippen molar-refractivity contribution in [2.24, 2.45) is 0 Å². The maximum absolute atomic E-state index is 5.82. The van der Waals surface area contributed by atoms with E-state index in [4.69, 9.17) is 16.3 Å². The van der Waals surface area contributed by atoms with E-state index in [-0.39, 0.29) is 12.4 Å². The van der Waals surface area contributed by atoms with Gasteiger partial charge in [0.05, 0.1) is 0 Å². The second kappa shape index (κ2) is 5.75. The van der Waals surface area contributed by atoms with Crippen molar-refractivity contribution in [3.8, 4) is 11.5 Å². The minimum atomic E-state index is 0. The van der Waals surface area contributed by atoms with Gasteiger partial charge in [-0.1, -0.05) is 29.8 Å². The second-order valence-electron chi connectivity index (χ2n) is 3.17. The average molecular weight is 256 g/mol. The standard InChI is InChI=1S/C12H10ClNO.ClH/c13-9-6-7-12(11(14)8-9)15-10-4-2-1-3-5-10;/h1-8H,14H2;1H. The first-order valence-corrected chi connectivity index (χ1v) is 4.98. The molecule has 0 unspecified atom stereocenters. The molecule has 0 aliphatic rings. The fourth-order valence-electron chi connectivity index (χ4n) is 1.26. The minimum absolute atomic E-state index is 0. The van der Waals surface area contributed by atoms with Gasteiger partial charge in [0.15, 0.2) is 11.4 Å². The number of benzene rings is 2. The molecule has 0 aliphatic carbocycles. The molecule has 3 N–H and O–H groups in total. The molecule has 0 saturated carbocycles. The lowest BCUT2D eigenvalue weighted by atomic mass is 10.3. The summed E-state index contributed by atoms with van der Waals surface area (Å²) in [4.78, 5) is 0. The van der Waals surface area contributed by atoms with Crippen molar-refractivity contribution in [3.63, 3.8) is 0 Å². The Morgan fingerprint density at radius 1 is 1.00 bits per heavy atom. The van der Waals surface area contributed by atoms with E-state index in [1.54, 1.807) is 12.1 Å². The smallest absolute Gasteiger partial charge is 0.187 e. The zero-order valence-corrected chi connectivity index (χ0v) is 10.0. The van der Waals surface area contributed by atoms with Crippen LogP contribution in [0.15, 0.2) is 48.5 Å². The van der Waals surface area contributed by atoms with Gasteiger partial charge in [0, 0.05) is 11.1 Å². The van der Waals surface area contributed by atoms with Crippen LogP contribution in [0.5, 0.6) is 11.5 Å². The number of rotatable bonds is 2. The number of ether oxygens (including phenoxy) is 1. The van der Waals surface area contributed by atoms with Gasteiger partial charge in [-0.15, -0.1) is 0 Å². The minimum Gasteiger partial charge on any atom is -1.00 e. The largest absolute Gasteiger partial charge is 1.00 e. The molecule has 0 amide bonds. The van der Waals surface area contributed by atoms with E-state index in [0.29, 0.717) is 5.02 Å². The zero-order chi connectivity index (χ0) is 10.7. The van der Waals surface area contributed by atoms with E-state index in [1.165, 1.54) is 0 Å². The molecule has 0 spiro atoms. The normalized spacial score (nSPS) is 9.38. The van der Waals surface area contributed by atoms with Gasteiger partial charge in [-0.25, -0.2) is 0 Å². The van der Waals surface area contributed by atoms with Gasteiger partial charge in [0.25, 0.3) is 0 Å². The fraction of sp³-hybridized carbons (Fsp3) is 0. The first kappa shape index (κ1) is 12.8. The van der Waals surface area contributed by atoms with Crippen LogP contribution in [0, 0.1) is 0 Å². The summed E-state index contributed by atoms with van der Waals surface area (Å²) in [6, 6.07) is 15.0. The molecule has 84 valence electrons. The number of hydrogen-bond acceptors (Lipinski definition) is 1.